The molecule has 0 unspecified atom stereocenters. The van der Waals surface area contributed by atoms with Crippen molar-refractivity contribution in [3.05, 3.63) is 23.8 Å². The molecule has 1 aromatic rings. The molecule has 6 heteroatoms. The number of nitrogens with one attached hydrogen (secondary N) is 1. The van der Waals surface area contributed by atoms with Gasteiger partial charge in [-0.05, 0) is 43.4 Å². The van der Waals surface area contributed by atoms with Crippen molar-refractivity contribution < 1.29 is 19.1 Å². The maximum Gasteiger partial charge on any atom is 0.231 e. The predicted octanol–water partition coefficient (Wildman–Crippen LogP) is 1.68. The minimum absolute atomic E-state index is 0.00210. The highest BCUT2D eigenvalue weighted by Crippen LogP contribution is 2.33. The molecule has 0 bridgehead atoms. The van der Waals surface area contributed by atoms with E-state index in [1.54, 1.807) is 0 Å². The predicted molar refractivity (Wildman–Crippen MR) is 86.4 cm³/mol. The monoisotopic (exact) mass is 330 g/mol. The van der Waals surface area contributed by atoms with Gasteiger partial charge in [-0.15, -0.1) is 0 Å². The molecule has 24 heavy (non-hydrogen) atoms. The maximum atomic E-state index is 12.4. The average molecular weight is 330 g/mol. The van der Waals surface area contributed by atoms with Crippen molar-refractivity contribution in [1.82, 2.24) is 10.2 Å². The summed E-state index contributed by atoms with van der Waals surface area (Å²) in [5.41, 5.74) is 0.994. The summed E-state index contributed by atoms with van der Waals surface area (Å²) in [5, 5.41) is 3.00. The molecule has 0 atom stereocenters. The highest BCUT2D eigenvalue weighted by Gasteiger charge is 2.35. The van der Waals surface area contributed by atoms with E-state index < -0.39 is 0 Å². The van der Waals surface area contributed by atoms with Crippen LogP contribution in [0.4, 0.5) is 0 Å². The molecule has 2 aliphatic heterocycles. The Morgan fingerprint density at radius 1 is 1.04 bits per heavy atom. The average Bonchev–Trinajstić information content (AvgIpc) is 3.37. The molecular weight excluding hydrogens is 308 g/mol. The van der Waals surface area contributed by atoms with E-state index in [0.29, 0.717) is 19.6 Å². The number of nitrogens with zero attached hydrogens (tertiary/aromatic N) is 1. The van der Waals surface area contributed by atoms with E-state index in [9.17, 15) is 9.59 Å². The summed E-state index contributed by atoms with van der Waals surface area (Å²) in [5.74, 6) is 2.11. The van der Waals surface area contributed by atoms with Crippen molar-refractivity contribution in [2.75, 3.05) is 19.9 Å². The molecule has 2 amide bonds. The first kappa shape index (κ1) is 15.3. The summed E-state index contributed by atoms with van der Waals surface area (Å²) in [7, 11) is 0. The summed E-state index contributed by atoms with van der Waals surface area (Å²) in [6.45, 7) is 2.15. The molecule has 3 aliphatic rings. The Morgan fingerprint density at radius 2 is 1.79 bits per heavy atom. The van der Waals surface area contributed by atoms with Gasteiger partial charge in [0.2, 0.25) is 18.6 Å². The van der Waals surface area contributed by atoms with Gasteiger partial charge in [0.05, 0.1) is 0 Å². The number of fused-ring (bicyclic) bond motifs is 1. The molecule has 1 aromatic carbocycles. The van der Waals surface area contributed by atoms with E-state index in [1.165, 1.54) is 0 Å². The largest absolute Gasteiger partial charge is 0.454 e. The first-order chi connectivity index (χ1) is 11.7. The smallest absolute Gasteiger partial charge is 0.231 e. The Kier molecular flexibility index (Phi) is 4.04. The summed E-state index contributed by atoms with van der Waals surface area (Å²) >= 11 is 0. The fourth-order valence-corrected chi connectivity index (χ4v) is 3.33. The third kappa shape index (κ3) is 3.18. The molecule has 1 aliphatic carbocycles. The fraction of sp³-hybridized carbons (Fsp3) is 0.556. The van der Waals surface area contributed by atoms with Crippen LogP contribution in [0, 0.1) is 11.8 Å². The topological polar surface area (TPSA) is 67.9 Å². The van der Waals surface area contributed by atoms with Gasteiger partial charge >= 0.3 is 0 Å². The second-order valence-electron chi connectivity index (χ2n) is 6.78. The van der Waals surface area contributed by atoms with E-state index >= 15 is 0 Å². The van der Waals surface area contributed by atoms with Crippen molar-refractivity contribution >= 4 is 11.8 Å². The van der Waals surface area contributed by atoms with Crippen LogP contribution in [0.3, 0.4) is 0 Å². The van der Waals surface area contributed by atoms with Gasteiger partial charge in [0, 0.05) is 31.5 Å². The fourth-order valence-electron chi connectivity index (χ4n) is 3.33. The minimum Gasteiger partial charge on any atom is -0.454 e. The van der Waals surface area contributed by atoms with E-state index in [-0.39, 0.29) is 30.4 Å². The zero-order valence-corrected chi connectivity index (χ0v) is 13.6. The molecule has 6 nitrogen and oxygen atoms in total. The lowest BCUT2D eigenvalue weighted by molar-refractivity contribution is -0.136. The van der Waals surface area contributed by atoms with E-state index in [1.807, 2.05) is 23.1 Å². The molecule has 1 N–H and O–H groups in total. The van der Waals surface area contributed by atoms with Crippen molar-refractivity contribution in [2.45, 2.75) is 32.2 Å². The van der Waals surface area contributed by atoms with Gasteiger partial charge in [0.1, 0.15) is 0 Å². The van der Waals surface area contributed by atoms with Gasteiger partial charge in [-0.3, -0.25) is 9.59 Å². The summed E-state index contributed by atoms with van der Waals surface area (Å²) in [6, 6.07) is 5.70. The second kappa shape index (κ2) is 6.34. The molecule has 1 saturated heterocycles. The van der Waals surface area contributed by atoms with Crippen LogP contribution in [0.5, 0.6) is 11.5 Å². The van der Waals surface area contributed by atoms with Gasteiger partial charge in [0.25, 0.3) is 0 Å². The van der Waals surface area contributed by atoms with Crippen molar-refractivity contribution in [3.63, 3.8) is 0 Å². The van der Waals surface area contributed by atoms with Crippen LogP contribution in [-0.2, 0) is 16.1 Å². The van der Waals surface area contributed by atoms with Crippen molar-refractivity contribution in [2.24, 2.45) is 11.8 Å². The first-order valence-corrected chi connectivity index (χ1v) is 8.66. The lowest BCUT2D eigenvalue weighted by Gasteiger charge is -2.31. The standard InChI is InChI=1S/C18H22N2O4/c21-17(13-5-7-20(8-6-13)18(22)14-2-3-14)19-10-12-1-4-15-16(9-12)24-11-23-15/h1,4,9,13-14H,2-3,5-8,10-11H2,(H,19,21). The molecule has 0 aromatic heterocycles. The Bertz CT molecular complexity index is 648. The third-order valence-corrected chi connectivity index (χ3v) is 5.01. The molecule has 4 rings (SSSR count). The van der Waals surface area contributed by atoms with Crippen molar-refractivity contribution in [3.8, 4) is 11.5 Å². The molecule has 0 spiro atoms. The summed E-state index contributed by atoms with van der Waals surface area (Å²) in [4.78, 5) is 26.3. The highest BCUT2D eigenvalue weighted by molar-refractivity contribution is 5.82. The van der Waals surface area contributed by atoms with Crippen LogP contribution >= 0.6 is 0 Å². The number of ether oxygens (including phenoxy) is 2. The van der Waals surface area contributed by atoms with Crippen LogP contribution < -0.4 is 14.8 Å². The number of hydrogen-bond acceptors (Lipinski definition) is 4. The van der Waals surface area contributed by atoms with Gasteiger partial charge in [-0.1, -0.05) is 6.07 Å². The number of hydrogen-bond donors (Lipinski definition) is 1. The lowest BCUT2D eigenvalue weighted by Crippen LogP contribution is -2.43. The number of carbonyl (C=O) groups excluding carboxylic acids is 2. The lowest BCUT2D eigenvalue weighted by atomic mass is 9.95. The summed E-state index contributed by atoms with van der Waals surface area (Å²) in [6.07, 6.45) is 3.58. The number of amides is 2. The van der Waals surface area contributed by atoms with Crippen LogP contribution in [0.2, 0.25) is 0 Å². The first-order valence-electron chi connectivity index (χ1n) is 8.66. The van der Waals surface area contributed by atoms with Crippen LogP contribution in [0.25, 0.3) is 0 Å². The Morgan fingerprint density at radius 3 is 2.54 bits per heavy atom. The van der Waals surface area contributed by atoms with Crippen LogP contribution in [0.15, 0.2) is 18.2 Å². The van der Waals surface area contributed by atoms with E-state index in [0.717, 1.165) is 42.7 Å². The molecule has 1 saturated carbocycles. The zero-order valence-electron chi connectivity index (χ0n) is 13.6. The Hall–Kier alpha value is -2.24. The van der Waals surface area contributed by atoms with Gasteiger partial charge in [-0.25, -0.2) is 0 Å². The SMILES string of the molecule is O=C(NCc1ccc2c(c1)OCO2)C1CCN(C(=O)C2CC2)CC1. The van der Waals surface area contributed by atoms with E-state index in [4.69, 9.17) is 9.47 Å². The number of benzene rings is 1. The Labute approximate surface area is 141 Å². The number of piperidine rings is 1. The van der Waals surface area contributed by atoms with Gasteiger partial charge in [-0.2, -0.15) is 0 Å². The Balaban J connectivity index is 1.25. The third-order valence-electron chi connectivity index (χ3n) is 5.01. The zero-order chi connectivity index (χ0) is 16.5. The summed E-state index contributed by atoms with van der Waals surface area (Å²) < 4.78 is 10.6. The number of likely N-dealkylation sites (tertiary alicyclic amines) is 1. The maximum absolute atomic E-state index is 12.4. The second-order valence-corrected chi connectivity index (χ2v) is 6.78. The number of carbonyl (C=O) groups is 2. The molecule has 128 valence electrons. The molecular formula is C18H22N2O4. The minimum atomic E-state index is 0.00210. The van der Waals surface area contributed by atoms with E-state index in [2.05, 4.69) is 5.32 Å². The molecule has 0 radical (unpaired) electrons. The molecule has 2 heterocycles. The normalized spacial score (nSPS) is 20.1. The quantitative estimate of drug-likeness (QED) is 0.912. The van der Waals surface area contributed by atoms with Crippen LogP contribution in [0.1, 0.15) is 31.2 Å². The van der Waals surface area contributed by atoms with Crippen molar-refractivity contribution in [1.29, 1.82) is 0 Å². The number of rotatable bonds is 4. The van der Waals surface area contributed by atoms with Gasteiger partial charge in [0.15, 0.2) is 11.5 Å². The van der Waals surface area contributed by atoms with Gasteiger partial charge < -0.3 is 19.7 Å². The van der Waals surface area contributed by atoms with Crippen LogP contribution in [-0.4, -0.2) is 36.6 Å². The highest BCUT2D eigenvalue weighted by atomic mass is 16.7. The molecule has 2 fully saturated rings.